The Bertz CT molecular complexity index is 896. The van der Waals surface area contributed by atoms with Crippen molar-refractivity contribution in [2.75, 3.05) is 11.9 Å². The fraction of sp³-hybridized carbons (Fsp3) is 0.111. The Hall–Kier alpha value is -3.02. The van der Waals surface area contributed by atoms with Crippen molar-refractivity contribution in [1.82, 2.24) is 9.55 Å². The maximum Gasteiger partial charge on any atom is 0.153 e. The van der Waals surface area contributed by atoms with Gasteiger partial charge in [-0.15, -0.1) is 0 Å². The van der Waals surface area contributed by atoms with Gasteiger partial charge in [0, 0.05) is 17.8 Å². The molecule has 4 rings (SSSR count). The minimum Gasteiger partial charge on any atom is -0.340 e. The third kappa shape index (κ3) is 2.67. The van der Waals surface area contributed by atoms with Gasteiger partial charge >= 0.3 is 0 Å². The van der Waals surface area contributed by atoms with Gasteiger partial charge in [0.15, 0.2) is 5.82 Å². The van der Waals surface area contributed by atoms with Gasteiger partial charge in [-0.3, -0.25) is 4.99 Å². The highest BCUT2D eigenvalue weighted by Crippen LogP contribution is 2.31. The number of aromatic nitrogens is 2. The first-order valence-electron chi connectivity index (χ1n) is 7.59. The molecule has 0 fully saturated rings. The predicted molar refractivity (Wildman–Crippen MR) is 89.8 cm³/mol. The SMILES string of the molecule is Fc1ccc(Nc2c(-c3ccc(F)cc3)nc3n2CCN=C3)cc1. The molecule has 2 aromatic carbocycles. The number of aliphatic imine (C=N–C) groups is 1. The highest BCUT2D eigenvalue weighted by atomic mass is 19.1. The van der Waals surface area contributed by atoms with Gasteiger partial charge < -0.3 is 9.88 Å². The molecule has 3 aromatic rings. The third-order valence-corrected chi connectivity index (χ3v) is 3.88. The Kier molecular flexibility index (Phi) is 3.57. The first-order chi connectivity index (χ1) is 11.7. The molecule has 0 aliphatic carbocycles. The Morgan fingerprint density at radius 3 is 2.29 bits per heavy atom. The normalized spacial score (nSPS) is 12.9. The van der Waals surface area contributed by atoms with E-state index in [9.17, 15) is 8.78 Å². The average Bonchev–Trinajstić information content (AvgIpc) is 2.96. The lowest BCUT2D eigenvalue weighted by Crippen LogP contribution is -2.13. The molecule has 2 heterocycles. The molecule has 6 heteroatoms. The topological polar surface area (TPSA) is 42.2 Å². The van der Waals surface area contributed by atoms with Crippen LogP contribution in [-0.2, 0) is 6.54 Å². The van der Waals surface area contributed by atoms with E-state index >= 15 is 0 Å². The highest BCUT2D eigenvalue weighted by Gasteiger charge is 2.19. The molecular weight excluding hydrogens is 310 g/mol. The van der Waals surface area contributed by atoms with Crippen molar-refractivity contribution in [3.63, 3.8) is 0 Å². The van der Waals surface area contributed by atoms with E-state index < -0.39 is 0 Å². The lowest BCUT2D eigenvalue weighted by molar-refractivity contribution is 0.627. The zero-order valence-electron chi connectivity index (χ0n) is 12.7. The number of halogens is 2. The summed E-state index contributed by atoms with van der Waals surface area (Å²) in [5, 5.41) is 3.30. The summed E-state index contributed by atoms with van der Waals surface area (Å²) in [6.07, 6.45) is 1.73. The third-order valence-electron chi connectivity index (χ3n) is 3.88. The molecule has 1 N–H and O–H groups in total. The summed E-state index contributed by atoms with van der Waals surface area (Å²) in [6, 6.07) is 12.3. The van der Waals surface area contributed by atoms with Crippen LogP contribution in [0.2, 0.25) is 0 Å². The molecule has 1 aromatic heterocycles. The van der Waals surface area contributed by atoms with Gasteiger partial charge in [0.2, 0.25) is 0 Å². The first kappa shape index (κ1) is 14.6. The van der Waals surface area contributed by atoms with Gasteiger partial charge in [-0.05, 0) is 48.5 Å². The summed E-state index contributed by atoms with van der Waals surface area (Å²) >= 11 is 0. The van der Waals surface area contributed by atoms with E-state index in [0.717, 1.165) is 22.9 Å². The van der Waals surface area contributed by atoms with Gasteiger partial charge in [-0.2, -0.15) is 0 Å². The molecule has 4 nitrogen and oxygen atoms in total. The van der Waals surface area contributed by atoms with Gasteiger partial charge in [0.25, 0.3) is 0 Å². The van der Waals surface area contributed by atoms with E-state index in [1.165, 1.54) is 24.3 Å². The van der Waals surface area contributed by atoms with Gasteiger partial charge in [-0.1, -0.05) is 0 Å². The molecule has 120 valence electrons. The van der Waals surface area contributed by atoms with Gasteiger partial charge in [-0.25, -0.2) is 13.8 Å². The number of nitrogens with one attached hydrogen (secondary N) is 1. The molecule has 0 saturated heterocycles. The zero-order valence-corrected chi connectivity index (χ0v) is 12.7. The van der Waals surface area contributed by atoms with Crippen LogP contribution in [0.15, 0.2) is 53.5 Å². The monoisotopic (exact) mass is 324 g/mol. The molecule has 0 bridgehead atoms. The van der Waals surface area contributed by atoms with E-state index in [2.05, 4.69) is 15.3 Å². The Morgan fingerprint density at radius 1 is 0.917 bits per heavy atom. The van der Waals surface area contributed by atoms with Crippen LogP contribution in [0.4, 0.5) is 20.3 Å². The average molecular weight is 324 g/mol. The molecule has 0 saturated carbocycles. The van der Waals surface area contributed by atoms with Crippen LogP contribution in [0.25, 0.3) is 11.3 Å². The van der Waals surface area contributed by atoms with Gasteiger partial charge in [0.1, 0.15) is 23.1 Å². The molecule has 0 amide bonds. The minimum atomic E-state index is -0.294. The Balaban J connectivity index is 1.81. The summed E-state index contributed by atoms with van der Waals surface area (Å²) in [5.74, 6) is 0.943. The summed E-state index contributed by atoms with van der Waals surface area (Å²) in [5.41, 5.74) is 2.27. The van der Waals surface area contributed by atoms with Crippen LogP contribution in [0.5, 0.6) is 0 Å². The number of benzene rings is 2. The van der Waals surface area contributed by atoms with Crippen molar-refractivity contribution in [3.05, 3.63) is 66.0 Å². The second-order valence-electron chi connectivity index (χ2n) is 5.49. The van der Waals surface area contributed by atoms with E-state index in [1.54, 1.807) is 30.5 Å². The molecule has 1 aliphatic rings. The highest BCUT2D eigenvalue weighted by molar-refractivity contribution is 5.84. The van der Waals surface area contributed by atoms with E-state index in [1.807, 2.05) is 4.57 Å². The zero-order chi connectivity index (χ0) is 16.5. The summed E-state index contributed by atoms with van der Waals surface area (Å²) in [6.45, 7) is 1.37. The van der Waals surface area contributed by atoms with Crippen molar-refractivity contribution in [1.29, 1.82) is 0 Å². The van der Waals surface area contributed by atoms with Gasteiger partial charge in [0.05, 0.1) is 12.8 Å². The number of hydrogen-bond donors (Lipinski definition) is 1. The van der Waals surface area contributed by atoms with E-state index in [-0.39, 0.29) is 11.6 Å². The van der Waals surface area contributed by atoms with Crippen molar-refractivity contribution >= 4 is 17.7 Å². The van der Waals surface area contributed by atoms with Crippen LogP contribution in [-0.4, -0.2) is 22.3 Å². The number of rotatable bonds is 3. The molecule has 0 spiro atoms. The number of anilines is 2. The van der Waals surface area contributed by atoms with Crippen LogP contribution in [0.1, 0.15) is 5.82 Å². The predicted octanol–water partition coefficient (Wildman–Crippen LogP) is 4.00. The van der Waals surface area contributed by atoms with E-state index in [4.69, 9.17) is 0 Å². The van der Waals surface area contributed by atoms with Crippen LogP contribution >= 0.6 is 0 Å². The summed E-state index contributed by atoms with van der Waals surface area (Å²) in [7, 11) is 0. The summed E-state index contributed by atoms with van der Waals surface area (Å²) < 4.78 is 28.4. The largest absolute Gasteiger partial charge is 0.340 e. The lowest BCUT2D eigenvalue weighted by atomic mass is 10.1. The minimum absolute atomic E-state index is 0.290. The maximum absolute atomic E-state index is 13.2. The second kappa shape index (κ2) is 5.88. The Labute approximate surface area is 137 Å². The van der Waals surface area contributed by atoms with Crippen molar-refractivity contribution in [2.45, 2.75) is 6.54 Å². The number of imidazole rings is 1. The van der Waals surface area contributed by atoms with Crippen LogP contribution in [0, 0.1) is 11.6 Å². The number of hydrogen-bond acceptors (Lipinski definition) is 3. The molecule has 0 radical (unpaired) electrons. The Morgan fingerprint density at radius 2 is 1.58 bits per heavy atom. The molecule has 0 atom stereocenters. The second-order valence-corrected chi connectivity index (χ2v) is 5.49. The fourth-order valence-electron chi connectivity index (χ4n) is 2.70. The lowest BCUT2D eigenvalue weighted by Gasteiger charge is -2.14. The fourth-order valence-corrected chi connectivity index (χ4v) is 2.70. The maximum atomic E-state index is 13.2. The molecule has 1 aliphatic heterocycles. The molecular formula is C18H14F2N4. The first-order valence-corrected chi connectivity index (χ1v) is 7.59. The van der Waals surface area contributed by atoms with Crippen molar-refractivity contribution in [2.24, 2.45) is 4.99 Å². The molecule has 0 unspecified atom stereocenters. The summed E-state index contributed by atoms with van der Waals surface area (Å²) in [4.78, 5) is 8.87. The van der Waals surface area contributed by atoms with Crippen molar-refractivity contribution < 1.29 is 8.78 Å². The van der Waals surface area contributed by atoms with Crippen LogP contribution < -0.4 is 5.32 Å². The number of fused-ring (bicyclic) bond motifs is 1. The number of nitrogens with zero attached hydrogens (tertiary/aromatic N) is 3. The van der Waals surface area contributed by atoms with E-state index in [0.29, 0.717) is 18.8 Å². The smallest absolute Gasteiger partial charge is 0.153 e. The van der Waals surface area contributed by atoms with Crippen molar-refractivity contribution in [3.8, 4) is 11.3 Å². The molecule has 24 heavy (non-hydrogen) atoms. The van der Waals surface area contributed by atoms with Crippen LogP contribution in [0.3, 0.4) is 0 Å². The quantitative estimate of drug-likeness (QED) is 0.791. The standard InChI is InChI=1S/C18H14F2N4/c19-13-3-1-12(2-4-13)17-18(22-15-7-5-14(20)6-8-15)24-10-9-21-11-16(24)23-17/h1-8,11,22H,9-10H2.